The maximum Gasteiger partial charge on any atom is 0.193 e. The molecule has 1 aromatic heterocycles. The highest BCUT2D eigenvalue weighted by molar-refractivity contribution is 14.0. The number of nitrogens with zero attached hydrogens (tertiary/aromatic N) is 4. The van der Waals surface area contributed by atoms with Crippen LogP contribution in [-0.4, -0.2) is 72.2 Å². The second-order valence-corrected chi connectivity index (χ2v) is 7.01. The fourth-order valence-corrected chi connectivity index (χ4v) is 3.53. The third-order valence-electron chi connectivity index (χ3n) is 5.02. The van der Waals surface area contributed by atoms with Crippen LogP contribution in [0.15, 0.2) is 23.5 Å². The summed E-state index contributed by atoms with van der Waals surface area (Å²) in [5.74, 6) is 1.01. The maximum absolute atomic E-state index is 6.12. The molecule has 154 valence electrons. The number of rotatable bonds is 7. The number of likely N-dealkylation sites (tertiary alicyclic amines) is 1. The molecule has 2 fully saturated rings. The van der Waals surface area contributed by atoms with E-state index in [1.807, 2.05) is 16.9 Å². The number of piperidine rings is 1. The summed E-state index contributed by atoms with van der Waals surface area (Å²) in [6, 6.07) is 1.94. The summed E-state index contributed by atoms with van der Waals surface area (Å²) >= 11 is 0. The largest absolute Gasteiger partial charge is 0.376 e. The summed E-state index contributed by atoms with van der Waals surface area (Å²) in [7, 11) is 0. The fourth-order valence-electron chi connectivity index (χ4n) is 3.53. The SMILES string of the molecule is CCNC(=NCCn1cccn1)N1CCC(OCC2CCCCO2)CC1.I. The zero-order valence-corrected chi connectivity index (χ0v) is 18.7. The van der Waals surface area contributed by atoms with Crippen LogP contribution in [0.25, 0.3) is 0 Å². The van der Waals surface area contributed by atoms with E-state index < -0.39 is 0 Å². The average Bonchev–Trinajstić information content (AvgIpc) is 3.20. The Morgan fingerprint density at radius 2 is 2.15 bits per heavy atom. The minimum Gasteiger partial charge on any atom is -0.376 e. The van der Waals surface area contributed by atoms with E-state index in [1.54, 1.807) is 6.20 Å². The van der Waals surface area contributed by atoms with Gasteiger partial charge >= 0.3 is 0 Å². The lowest BCUT2D eigenvalue weighted by Gasteiger charge is -2.35. The van der Waals surface area contributed by atoms with Crippen molar-refractivity contribution in [2.75, 3.05) is 39.4 Å². The van der Waals surface area contributed by atoms with Crippen molar-refractivity contribution in [3.63, 3.8) is 0 Å². The molecular weight excluding hydrogens is 457 g/mol. The van der Waals surface area contributed by atoms with Crippen LogP contribution < -0.4 is 5.32 Å². The second kappa shape index (κ2) is 12.6. The van der Waals surface area contributed by atoms with E-state index >= 15 is 0 Å². The van der Waals surface area contributed by atoms with Crippen molar-refractivity contribution >= 4 is 29.9 Å². The molecule has 1 aromatic rings. The fraction of sp³-hybridized carbons (Fsp3) is 0.789. The van der Waals surface area contributed by atoms with Crippen LogP contribution in [0.4, 0.5) is 0 Å². The Morgan fingerprint density at radius 1 is 1.30 bits per heavy atom. The number of ether oxygens (including phenoxy) is 2. The molecule has 0 aliphatic carbocycles. The first-order valence-corrected chi connectivity index (χ1v) is 10.1. The molecule has 1 N–H and O–H groups in total. The predicted molar refractivity (Wildman–Crippen MR) is 118 cm³/mol. The van der Waals surface area contributed by atoms with Gasteiger partial charge in [-0.15, -0.1) is 24.0 Å². The van der Waals surface area contributed by atoms with Crippen LogP contribution in [0.2, 0.25) is 0 Å². The molecule has 0 saturated carbocycles. The molecular formula is C19H34IN5O2. The van der Waals surface area contributed by atoms with Crippen LogP contribution in [0.3, 0.4) is 0 Å². The van der Waals surface area contributed by atoms with Crippen LogP contribution >= 0.6 is 24.0 Å². The highest BCUT2D eigenvalue weighted by Crippen LogP contribution is 2.18. The van der Waals surface area contributed by atoms with E-state index in [1.165, 1.54) is 12.8 Å². The highest BCUT2D eigenvalue weighted by Gasteiger charge is 2.23. The van der Waals surface area contributed by atoms with Crippen molar-refractivity contribution in [1.29, 1.82) is 0 Å². The van der Waals surface area contributed by atoms with Gasteiger partial charge in [0.25, 0.3) is 0 Å². The van der Waals surface area contributed by atoms with Gasteiger partial charge in [-0.2, -0.15) is 5.10 Å². The Balaban J connectivity index is 0.00000261. The molecule has 3 rings (SSSR count). The summed E-state index contributed by atoms with van der Waals surface area (Å²) in [6.45, 7) is 8.17. The van der Waals surface area contributed by atoms with E-state index in [0.717, 1.165) is 71.2 Å². The Morgan fingerprint density at radius 3 is 2.81 bits per heavy atom. The number of aliphatic imine (C=N–C) groups is 1. The van der Waals surface area contributed by atoms with Crippen molar-refractivity contribution in [3.8, 4) is 0 Å². The lowest BCUT2D eigenvalue weighted by molar-refractivity contribution is -0.0721. The van der Waals surface area contributed by atoms with Crippen molar-refractivity contribution in [1.82, 2.24) is 20.0 Å². The lowest BCUT2D eigenvalue weighted by atomic mass is 10.1. The normalized spacial score (nSPS) is 21.7. The molecule has 3 heterocycles. The highest BCUT2D eigenvalue weighted by atomic mass is 127. The molecule has 0 aromatic carbocycles. The first-order chi connectivity index (χ1) is 12.8. The van der Waals surface area contributed by atoms with Crippen LogP contribution in [0.1, 0.15) is 39.0 Å². The lowest BCUT2D eigenvalue weighted by Crippen LogP contribution is -2.47. The Hall–Kier alpha value is -0.870. The minimum atomic E-state index is 0. The van der Waals surface area contributed by atoms with Gasteiger partial charge in [-0.1, -0.05) is 0 Å². The first kappa shape index (κ1) is 22.4. The van der Waals surface area contributed by atoms with Crippen molar-refractivity contribution < 1.29 is 9.47 Å². The number of hydrogen-bond acceptors (Lipinski definition) is 4. The zero-order chi connectivity index (χ0) is 18.0. The number of nitrogens with one attached hydrogen (secondary N) is 1. The third-order valence-corrected chi connectivity index (χ3v) is 5.02. The van der Waals surface area contributed by atoms with Gasteiger partial charge in [-0.05, 0) is 45.1 Å². The molecule has 1 unspecified atom stereocenters. The van der Waals surface area contributed by atoms with E-state index in [0.29, 0.717) is 12.2 Å². The second-order valence-electron chi connectivity index (χ2n) is 7.01. The molecule has 0 spiro atoms. The molecule has 1 atom stereocenters. The quantitative estimate of drug-likeness (QED) is 0.361. The summed E-state index contributed by atoms with van der Waals surface area (Å²) in [5, 5.41) is 7.64. The van der Waals surface area contributed by atoms with Gasteiger partial charge in [0.2, 0.25) is 0 Å². The molecule has 2 aliphatic heterocycles. The molecule has 7 nitrogen and oxygen atoms in total. The summed E-state index contributed by atoms with van der Waals surface area (Å²) in [6.07, 6.45) is 10.2. The van der Waals surface area contributed by atoms with E-state index in [4.69, 9.17) is 14.5 Å². The summed E-state index contributed by atoms with van der Waals surface area (Å²) < 4.78 is 13.8. The summed E-state index contributed by atoms with van der Waals surface area (Å²) in [5.41, 5.74) is 0. The smallest absolute Gasteiger partial charge is 0.193 e. The van der Waals surface area contributed by atoms with Gasteiger partial charge < -0.3 is 19.7 Å². The number of halogens is 1. The molecule has 27 heavy (non-hydrogen) atoms. The monoisotopic (exact) mass is 491 g/mol. The molecule has 0 bridgehead atoms. The molecule has 2 aliphatic rings. The topological polar surface area (TPSA) is 63.9 Å². The van der Waals surface area contributed by atoms with Crippen LogP contribution in [0.5, 0.6) is 0 Å². The number of aromatic nitrogens is 2. The number of hydrogen-bond donors (Lipinski definition) is 1. The van der Waals surface area contributed by atoms with Gasteiger partial charge in [-0.25, -0.2) is 0 Å². The molecule has 8 heteroatoms. The predicted octanol–water partition coefficient (Wildman–Crippen LogP) is 2.52. The number of guanidine groups is 1. The van der Waals surface area contributed by atoms with Gasteiger partial charge in [0.05, 0.1) is 31.9 Å². The Labute approximate surface area is 179 Å². The Bertz CT molecular complexity index is 526. The minimum absolute atomic E-state index is 0. The standard InChI is InChI=1S/C19H33N5O2.HI/c1-2-20-19(21-10-14-24-11-5-9-22-24)23-12-7-17(8-13-23)26-16-18-6-3-4-15-25-18;/h5,9,11,17-18H,2-4,6-8,10,12-16H2,1H3,(H,20,21);1H. The zero-order valence-electron chi connectivity index (χ0n) is 16.4. The first-order valence-electron chi connectivity index (χ1n) is 10.1. The average molecular weight is 491 g/mol. The summed E-state index contributed by atoms with van der Waals surface area (Å²) in [4.78, 5) is 7.12. The third kappa shape index (κ3) is 7.57. The van der Waals surface area contributed by atoms with Crippen molar-refractivity contribution in [2.45, 2.75) is 57.8 Å². The molecule has 2 saturated heterocycles. The Kier molecular flexibility index (Phi) is 10.4. The van der Waals surface area contributed by atoms with Crippen molar-refractivity contribution in [3.05, 3.63) is 18.5 Å². The molecule has 0 radical (unpaired) electrons. The van der Waals surface area contributed by atoms with E-state index in [-0.39, 0.29) is 24.0 Å². The van der Waals surface area contributed by atoms with Crippen LogP contribution in [-0.2, 0) is 16.0 Å². The van der Waals surface area contributed by atoms with Crippen molar-refractivity contribution in [2.24, 2.45) is 4.99 Å². The maximum atomic E-state index is 6.12. The van der Waals surface area contributed by atoms with Crippen LogP contribution in [0, 0.1) is 0 Å². The van der Waals surface area contributed by atoms with E-state index in [2.05, 4.69) is 22.2 Å². The van der Waals surface area contributed by atoms with Gasteiger partial charge in [0.1, 0.15) is 0 Å². The van der Waals surface area contributed by atoms with Gasteiger partial charge in [0, 0.05) is 38.6 Å². The van der Waals surface area contributed by atoms with Gasteiger partial charge in [0.15, 0.2) is 5.96 Å². The molecule has 0 amide bonds. The van der Waals surface area contributed by atoms with E-state index in [9.17, 15) is 0 Å². The van der Waals surface area contributed by atoms with Gasteiger partial charge in [-0.3, -0.25) is 9.67 Å².